The lowest BCUT2D eigenvalue weighted by Gasteiger charge is -2.10. The smallest absolute Gasteiger partial charge is 0.305 e. The Morgan fingerprint density at radius 3 is 1.25 bits per heavy atom. The molecule has 9 nitrogen and oxygen atoms in total. The molecule has 0 amide bonds. The molecule has 192 valence electrons. The Morgan fingerprint density at radius 2 is 0.906 bits per heavy atom. The van der Waals surface area contributed by atoms with E-state index in [-0.39, 0.29) is 12.6 Å². The molecule has 0 aliphatic heterocycles. The van der Waals surface area contributed by atoms with E-state index in [9.17, 15) is 4.79 Å². The lowest BCUT2D eigenvalue weighted by molar-refractivity contribution is -0.145. The molecule has 0 aliphatic carbocycles. The molecule has 0 saturated carbocycles. The van der Waals surface area contributed by atoms with Gasteiger partial charge in [-0.3, -0.25) is 4.79 Å². The van der Waals surface area contributed by atoms with Gasteiger partial charge in [-0.05, 0) is 12.3 Å². The Kier molecular flexibility index (Phi) is 25.8. The molecule has 0 heterocycles. The lowest BCUT2D eigenvalue weighted by Crippen LogP contribution is -2.15. The molecule has 9 heteroatoms. The van der Waals surface area contributed by atoms with Gasteiger partial charge in [0, 0.05) is 13.0 Å². The molecule has 0 N–H and O–H groups in total. The zero-order valence-corrected chi connectivity index (χ0v) is 20.5. The van der Waals surface area contributed by atoms with Crippen molar-refractivity contribution >= 4 is 5.97 Å². The van der Waals surface area contributed by atoms with Crippen LogP contribution in [0.5, 0.6) is 0 Å². The molecule has 0 aromatic carbocycles. The molecule has 32 heavy (non-hydrogen) atoms. The highest BCUT2D eigenvalue weighted by Crippen LogP contribution is 2.00. The maximum atomic E-state index is 11.1. The Labute approximate surface area is 194 Å². The van der Waals surface area contributed by atoms with Gasteiger partial charge < -0.3 is 37.9 Å². The van der Waals surface area contributed by atoms with Gasteiger partial charge in [-0.15, -0.1) is 0 Å². The Bertz CT molecular complexity index is 382. The summed E-state index contributed by atoms with van der Waals surface area (Å²) in [4.78, 5) is 11.1. The number of carbonyl (C=O) groups excluding carboxylic acids is 1. The van der Waals surface area contributed by atoms with E-state index in [4.69, 9.17) is 37.9 Å². The molecule has 0 aromatic rings. The molecule has 0 radical (unpaired) electrons. The predicted molar refractivity (Wildman–Crippen MR) is 121 cm³/mol. The standard InChI is InChI=1S/C23H46O9/c1-4-6-23(24)32-20-19-30-16-15-28-12-11-26-8-7-25-9-10-27-13-14-29-17-18-31-21-22(3)5-2/h22H,4-21H2,1-3H3. The van der Waals surface area contributed by atoms with Gasteiger partial charge in [0.15, 0.2) is 0 Å². The van der Waals surface area contributed by atoms with E-state index < -0.39 is 0 Å². The highest BCUT2D eigenvalue weighted by molar-refractivity contribution is 5.69. The average Bonchev–Trinajstić information content (AvgIpc) is 2.79. The second kappa shape index (κ2) is 26.4. The fourth-order valence-corrected chi connectivity index (χ4v) is 2.21. The van der Waals surface area contributed by atoms with Gasteiger partial charge in [0.05, 0.1) is 85.9 Å². The van der Waals surface area contributed by atoms with Crippen LogP contribution in [0.1, 0.15) is 40.0 Å². The summed E-state index contributed by atoms with van der Waals surface area (Å²) >= 11 is 0. The van der Waals surface area contributed by atoms with Crippen molar-refractivity contribution in [1.29, 1.82) is 0 Å². The minimum atomic E-state index is -0.180. The van der Waals surface area contributed by atoms with Crippen LogP contribution >= 0.6 is 0 Å². The molecule has 1 atom stereocenters. The number of carbonyl (C=O) groups is 1. The topological polar surface area (TPSA) is 90.9 Å². The fourth-order valence-electron chi connectivity index (χ4n) is 2.21. The van der Waals surface area contributed by atoms with Crippen LogP contribution in [0.3, 0.4) is 0 Å². The number of rotatable bonds is 26. The molecule has 0 fully saturated rings. The largest absolute Gasteiger partial charge is 0.463 e. The number of esters is 1. The van der Waals surface area contributed by atoms with Gasteiger partial charge >= 0.3 is 5.97 Å². The number of hydrogen-bond donors (Lipinski definition) is 0. The van der Waals surface area contributed by atoms with E-state index in [0.717, 1.165) is 19.4 Å². The minimum Gasteiger partial charge on any atom is -0.463 e. The van der Waals surface area contributed by atoms with Crippen LogP contribution in [-0.2, 0) is 42.7 Å². The molecule has 0 aromatic heterocycles. The van der Waals surface area contributed by atoms with E-state index in [0.29, 0.717) is 98.2 Å². The van der Waals surface area contributed by atoms with E-state index in [1.54, 1.807) is 0 Å². The van der Waals surface area contributed by atoms with Crippen LogP contribution in [0.25, 0.3) is 0 Å². The van der Waals surface area contributed by atoms with Crippen LogP contribution in [-0.4, -0.2) is 105 Å². The first-order valence-electron chi connectivity index (χ1n) is 11.9. The van der Waals surface area contributed by atoms with Crippen molar-refractivity contribution in [3.05, 3.63) is 0 Å². The van der Waals surface area contributed by atoms with Crippen molar-refractivity contribution in [2.75, 3.05) is 99.1 Å². The van der Waals surface area contributed by atoms with Gasteiger partial charge in [-0.1, -0.05) is 27.2 Å². The summed E-state index contributed by atoms with van der Waals surface area (Å²) in [5.74, 6) is 0.420. The zero-order valence-electron chi connectivity index (χ0n) is 20.5. The highest BCUT2D eigenvalue weighted by Gasteiger charge is 2.00. The molecule has 0 bridgehead atoms. The third kappa shape index (κ3) is 25.5. The zero-order chi connectivity index (χ0) is 23.5. The van der Waals surface area contributed by atoms with Gasteiger partial charge in [0.1, 0.15) is 6.61 Å². The summed E-state index contributed by atoms with van der Waals surface area (Å²) in [6, 6.07) is 0. The maximum Gasteiger partial charge on any atom is 0.305 e. The van der Waals surface area contributed by atoms with E-state index in [1.165, 1.54) is 0 Å². The van der Waals surface area contributed by atoms with Crippen molar-refractivity contribution < 1.29 is 42.7 Å². The van der Waals surface area contributed by atoms with Crippen LogP contribution < -0.4 is 0 Å². The van der Waals surface area contributed by atoms with E-state index in [2.05, 4.69) is 13.8 Å². The van der Waals surface area contributed by atoms with E-state index >= 15 is 0 Å². The van der Waals surface area contributed by atoms with Crippen molar-refractivity contribution in [2.24, 2.45) is 5.92 Å². The first kappa shape index (κ1) is 31.2. The average molecular weight is 467 g/mol. The van der Waals surface area contributed by atoms with Crippen molar-refractivity contribution in [3.63, 3.8) is 0 Å². The van der Waals surface area contributed by atoms with Crippen molar-refractivity contribution in [2.45, 2.75) is 40.0 Å². The quantitative estimate of drug-likeness (QED) is 0.141. The highest BCUT2D eigenvalue weighted by atomic mass is 16.6. The summed E-state index contributed by atoms with van der Waals surface area (Å²) in [7, 11) is 0. The first-order chi connectivity index (χ1) is 15.7. The summed E-state index contributed by atoms with van der Waals surface area (Å²) in [6.45, 7) is 14.1. The molecular formula is C23H46O9. The van der Waals surface area contributed by atoms with Gasteiger partial charge in [0.2, 0.25) is 0 Å². The normalized spacial score (nSPS) is 12.2. The predicted octanol–water partition coefficient (Wildman–Crippen LogP) is 2.49. The second-order valence-corrected chi connectivity index (χ2v) is 7.23. The Morgan fingerprint density at radius 1 is 0.562 bits per heavy atom. The monoisotopic (exact) mass is 466 g/mol. The van der Waals surface area contributed by atoms with Gasteiger partial charge in [-0.25, -0.2) is 0 Å². The number of hydrogen-bond acceptors (Lipinski definition) is 9. The molecule has 1 unspecified atom stereocenters. The van der Waals surface area contributed by atoms with Crippen LogP contribution in [0.15, 0.2) is 0 Å². The number of ether oxygens (including phenoxy) is 8. The summed E-state index contributed by atoms with van der Waals surface area (Å²) in [5.41, 5.74) is 0. The SMILES string of the molecule is CCCC(=O)OCCOCCOCCOCCOCCOCCOCCOCC(C)CC. The third-order valence-electron chi connectivity index (χ3n) is 4.28. The Balaban J connectivity index is 3.06. The minimum absolute atomic E-state index is 0.180. The molecule has 0 rings (SSSR count). The first-order valence-corrected chi connectivity index (χ1v) is 11.9. The molecule has 0 saturated heterocycles. The molecule has 0 spiro atoms. The Hall–Kier alpha value is -0.810. The fraction of sp³-hybridized carbons (Fsp3) is 0.957. The summed E-state index contributed by atoms with van der Waals surface area (Å²) in [5, 5.41) is 0. The van der Waals surface area contributed by atoms with Crippen LogP contribution in [0.2, 0.25) is 0 Å². The molecular weight excluding hydrogens is 420 g/mol. The summed E-state index contributed by atoms with van der Waals surface area (Å²) in [6.07, 6.45) is 2.38. The van der Waals surface area contributed by atoms with E-state index in [1.807, 2.05) is 6.92 Å². The van der Waals surface area contributed by atoms with Gasteiger partial charge in [0.25, 0.3) is 0 Å². The van der Waals surface area contributed by atoms with Crippen LogP contribution in [0.4, 0.5) is 0 Å². The molecule has 0 aliphatic rings. The van der Waals surface area contributed by atoms with Crippen molar-refractivity contribution in [3.8, 4) is 0 Å². The third-order valence-corrected chi connectivity index (χ3v) is 4.28. The second-order valence-electron chi connectivity index (χ2n) is 7.23. The van der Waals surface area contributed by atoms with Crippen LogP contribution in [0, 0.1) is 5.92 Å². The lowest BCUT2D eigenvalue weighted by atomic mass is 10.1. The van der Waals surface area contributed by atoms with Crippen molar-refractivity contribution in [1.82, 2.24) is 0 Å². The summed E-state index contributed by atoms with van der Waals surface area (Å²) < 4.78 is 42.9. The van der Waals surface area contributed by atoms with Gasteiger partial charge in [-0.2, -0.15) is 0 Å². The maximum absolute atomic E-state index is 11.1.